The van der Waals surface area contributed by atoms with Gasteiger partial charge < -0.3 is 5.32 Å². The van der Waals surface area contributed by atoms with Gasteiger partial charge in [0.15, 0.2) is 0 Å². The Morgan fingerprint density at radius 3 is 3.06 bits per heavy atom. The summed E-state index contributed by atoms with van der Waals surface area (Å²) in [6.45, 7) is 0.854. The van der Waals surface area contributed by atoms with Crippen LogP contribution in [0.1, 0.15) is 18.5 Å². The minimum absolute atomic E-state index is 0.713. The highest BCUT2D eigenvalue weighted by Crippen LogP contribution is 2.32. The number of thiazole rings is 1. The lowest BCUT2D eigenvalue weighted by Gasteiger charge is -2.01. The second kappa shape index (κ2) is 5.29. The Labute approximate surface area is 124 Å². The number of hydrogen-bond acceptors (Lipinski definition) is 3. The Morgan fingerprint density at radius 2 is 2.28 bits per heavy atom. The molecule has 2 nitrogen and oxygen atoms in total. The molecule has 1 aliphatic carbocycles. The first-order valence-corrected chi connectivity index (χ1v) is 7.90. The van der Waals surface area contributed by atoms with Crippen molar-refractivity contribution in [3.05, 3.63) is 38.8 Å². The summed E-state index contributed by atoms with van der Waals surface area (Å²) in [5.74, 6) is 0. The average Bonchev–Trinajstić information content (AvgIpc) is 3.08. The van der Waals surface area contributed by atoms with Gasteiger partial charge in [-0.3, -0.25) is 0 Å². The number of halogens is 2. The fourth-order valence-corrected chi connectivity index (χ4v) is 3.18. The molecule has 2 aromatic rings. The molecular formula is C13H12BrClN2S. The number of rotatable bonds is 4. The van der Waals surface area contributed by atoms with Gasteiger partial charge in [0.25, 0.3) is 0 Å². The Kier molecular flexibility index (Phi) is 3.71. The zero-order valence-corrected chi connectivity index (χ0v) is 12.8. The number of hydrogen-bond donors (Lipinski definition) is 1. The van der Waals surface area contributed by atoms with Crippen molar-refractivity contribution in [1.29, 1.82) is 0 Å². The summed E-state index contributed by atoms with van der Waals surface area (Å²) in [4.78, 5) is 4.63. The normalized spacial score (nSPS) is 15.0. The fraction of sp³-hybridized carbons (Fsp3) is 0.308. The van der Waals surface area contributed by atoms with Crippen molar-refractivity contribution < 1.29 is 0 Å². The lowest BCUT2D eigenvalue weighted by Crippen LogP contribution is -2.15. The molecule has 0 bridgehead atoms. The molecule has 1 aliphatic rings. The van der Waals surface area contributed by atoms with Crippen molar-refractivity contribution in [3.63, 3.8) is 0 Å². The summed E-state index contributed by atoms with van der Waals surface area (Å²) in [5.41, 5.74) is 2.09. The van der Waals surface area contributed by atoms with E-state index in [9.17, 15) is 0 Å². The van der Waals surface area contributed by atoms with Crippen molar-refractivity contribution in [2.24, 2.45) is 0 Å². The fourth-order valence-electron chi connectivity index (χ4n) is 1.71. The first kappa shape index (κ1) is 12.6. The van der Waals surface area contributed by atoms with Gasteiger partial charge in [0.2, 0.25) is 0 Å². The van der Waals surface area contributed by atoms with Gasteiger partial charge in [-0.05, 0) is 31.0 Å². The highest BCUT2D eigenvalue weighted by Gasteiger charge is 2.20. The van der Waals surface area contributed by atoms with Crippen LogP contribution in [0.5, 0.6) is 0 Å². The standard InChI is InChI=1S/C13H12BrClN2S/c14-8-1-4-12(15)11(5-8)13-17-10(7-18-13)6-16-9-2-3-9/h1,4-5,7,9,16H,2-3,6H2. The average molecular weight is 344 g/mol. The maximum absolute atomic E-state index is 6.21. The number of nitrogens with zero attached hydrogens (tertiary/aromatic N) is 1. The van der Waals surface area contributed by atoms with Crippen LogP contribution in [0.15, 0.2) is 28.1 Å². The predicted octanol–water partition coefficient (Wildman–Crippen LogP) is 4.48. The van der Waals surface area contributed by atoms with Crippen LogP contribution in [-0.4, -0.2) is 11.0 Å². The monoisotopic (exact) mass is 342 g/mol. The van der Waals surface area contributed by atoms with Crippen molar-refractivity contribution in [1.82, 2.24) is 10.3 Å². The SMILES string of the molecule is Clc1ccc(Br)cc1-c1nc(CNC2CC2)cs1. The van der Waals surface area contributed by atoms with Gasteiger partial charge >= 0.3 is 0 Å². The number of nitrogens with one attached hydrogen (secondary N) is 1. The maximum atomic E-state index is 6.21. The lowest BCUT2D eigenvalue weighted by atomic mass is 10.2. The van der Waals surface area contributed by atoms with Crippen LogP contribution >= 0.6 is 38.9 Å². The molecule has 0 saturated heterocycles. The molecule has 0 amide bonds. The largest absolute Gasteiger partial charge is 0.308 e. The minimum atomic E-state index is 0.713. The van der Waals surface area contributed by atoms with E-state index in [0.29, 0.717) is 6.04 Å². The zero-order valence-electron chi connectivity index (χ0n) is 9.62. The van der Waals surface area contributed by atoms with Crippen LogP contribution in [0.25, 0.3) is 10.6 Å². The molecule has 1 N–H and O–H groups in total. The van der Waals surface area contributed by atoms with E-state index in [1.807, 2.05) is 18.2 Å². The van der Waals surface area contributed by atoms with Crippen LogP contribution < -0.4 is 5.32 Å². The third kappa shape index (κ3) is 2.94. The molecule has 1 fully saturated rings. The molecule has 1 aromatic carbocycles. The van der Waals surface area contributed by atoms with Gasteiger partial charge in [-0.1, -0.05) is 27.5 Å². The van der Waals surface area contributed by atoms with Crippen LogP contribution in [0.2, 0.25) is 5.02 Å². The molecule has 0 unspecified atom stereocenters. The van der Waals surface area contributed by atoms with E-state index in [1.54, 1.807) is 11.3 Å². The van der Waals surface area contributed by atoms with Gasteiger partial charge in [-0.2, -0.15) is 0 Å². The van der Waals surface area contributed by atoms with Gasteiger partial charge in [0.05, 0.1) is 10.7 Å². The summed E-state index contributed by atoms with van der Waals surface area (Å²) < 4.78 is 1.02. The molecule has 1 heterocycles. The molecule has 0 radical (unpaired) electrons. The Balaban J connectivity index is 1.80. The van der Waals surface area contributed by atoms with Crippen LogP contribution in [0.3, 0.4) is 0 Å². The van der Waals surface area contributed by atoms with Crippen molar-refractivity contribution in [2.75, 3.05) is 0 Å². The van der Waals surface area contributed by atoms with E-state index in [0.717, 1.165) is 32.3 Å². The van der Waals surface area contributed by atoms with Gasteiger partial charge in [-0.25, -0.2) is 4.98 Å². The summed E-state index contributed by atoms with van der Waals surface area (Å²) >= 11 is 11.3. The van der Waals surface area contributed by atoms with E-state index >= 15 is 0 Å². The molecule has 0 spiro atoms. The van der Waals surface area contributed by atoms with E-state index < -0.39 is 0 Å². The molecule has 18 heavy (non-hydrogen) atoms. The van der Waals surface area contributed by atoms with E-state index in [2.05, 4.69) is 31.6 Å². The highest BCUT2D eigenvalue weighted by molar-refractivity contribution is 9.10. The molecule has 1 aromatic heterocycles. The summed E-state index contributed by atoms with van der Waals surface area (Å²) in [6, 6.07) is 6.56. The number of aromatic nitrogens is 1. The molecule has 94 valence electrons. The highest BCUT2D eigenvalue weighted by atomic mass is 79.9. The van der Waals surface area contributed by atoms with Crippen molar-refractivity contribution >= 4 is 38.9 Å². The van der Waals surface area contributed by atoms with E-state index in [4.69, 9.17) is 11.6 Å². The predicted molar refractivity (Wildman–Crippen MR) is 80.1 cm³/mol. The molecule has 5 heteroatoms. The summed E-state index contributed by atoms with van der Waals surface area (Å²) in [6.07, 6.45) is 2.60. The lowest BCUT2D eigenvalue weighted by molar-refractivity contribution is 0.678. The Morgan fingerprint density at radius 1 is 1.44 bits per heavy atom. The minimum Gasteiger partial charge on any atom is -0.308 e. The molecule has 3 rings (SSSR count). The zero-order chi connectivity index (χ0) is 12.5. The van der Waals surface area contributed by atoms with Gasteiger partial charge in [-0.15, -0.1) is 11.3 Å². The molecular weight excluding hydrogens is 332 g/mol. The Bertz CT molecular complexity index is 566. The second-order valence-corrected chi connectivity index (χ2v) is 6.60. The molecule has 0 atom stereocenters. The van der Waals surface area contributed by atoms with E-state index in [1.165, 1.54) is 12.8 Å². The molecule has 0 aliphatic heterocycles. The first-order valence-electron chi connectivity index (χ1n) is 5.85. The van der Waals surface area contributed by atoms with Crippen LogP contribution in [0, 0.1) is 0 Å². The second-order valence-electron chi connectivity index (χ2n) is 4.42. The number of benzene rings is 1. The summed E-state index contributed by atoms with van der Waals surface area (Å²) in [5, 5.41) is 7.29. The Hall–Kier alpha value is -0.420. The van der Waals surface area contributed by atoms with Crippen molar-refractivity contribution in [2.45, 2.75) is 25.4 Å². The van der Waals surface area contributed by atoms with Gasteiger partial charge in [0, 0.05) is 28.0 Å². The van der Waals surface area contributed by atoms with Crippen molar-refractivity contribution in [3.8, 4) is 10.6 Å². The first-order chi connectivity index (χ1) is 8.72. The quantitative estimate of drug-likeness (QED) is 0.885. The van der Waals surface area contributed by atoms with Gasteiger partial charge in [0.1, 0.15) is 5.01 Å². The van der Waals surface area contributed by atoms with Crippen LogP contribution in [0.4, 0.5) is 0 Å². The maximum Gasteiger partial charge on any atom is 0.125 e. The van der Waals surface area contributed by atoms with E-state index in [-0.39, 0.29) is 0 Å². The summed E-state index contributed by atoms with van der Waals surface area (Å²) in [7, 11) is 0. The third-order valence-corrected chi connectivity index (χ3v) is 4.61. The smallest absolute Gasteiger partial charge is 0.125 e. The third-order valence-electron chi connectivity index (χ3n) is 2.86. The topological polar surface area (TPSA) is 24.9 Å². The van der Waals surface area contributed by atoms with Crippen LogP contribution in [-0.2, 0) is 6.54 Å². The molecule has 1 saturated carbocycles.